The molecular weight excluding hydrogens is 809 g/mol. The van der Waals surface area contributed by atoms with E-state index in [9.17, 15) is 63.7 Å². The maximum Gasteiger partial charge on any atom is 0.397 e. The lowest BCUT2D eigenvalue weighted by atomic mass is 9.88. The van der Waals surface area contributed by atoms with Crippen molar-refractivity contribution in [3.63, 3.8) is 0 Å². The van der Waals surface area contributed by atoms with Crippen LogP contribution in [0.15, 0.2) is 60.3 Å². The average Bonchev–Trinajstić information content (AvgIpc) is 3.14. The quantitative estimate of drug-likeness (QED) is 0.0527. The van der Waals surface area contributed by atoms with Crippen LogP contribution in [0.3, 0.4) is 0 Å². The molecule has 18 heteroatoms. The van der Waals surface area contributed by atoms with Crippen LogP contribution in [-0.4, -0.2) is 156 Å². The molecule has 2 aliphatic rings. The number of aliphatic hydroxyl groups is 10. The van der Waals surface area contributed by atoms with Crippen LogP contribution >= 0.6 is 0 Å². The van der Waals surface area contributed by atoms with Gasteiger partial charge in [-0.1, -0.05) is 55.0 Å². The van der Waals surface area contributed by atoms with E-state index in [2.05, 4.69) is 10.8 Å². The second-order valence-corrected chi connectivity index (χ2v) is 17.3. The summed E-state index contributed by atoms with van der Waals surface area (Å²) in [6.45, 7) is 7.24. The van der Waals surface area contributed by atoms with E-state index in [0.29, 0.717) is 44.1 Å². The number of ether oxygens (including phenoxy) is 2. The first kappa shape index (κ1) is 53.7. The maximum absolute atomic E-state index is 12.7. The Morgan fingerprint density at radius 1 is 0.917 bits per heavy atom. The summed E-state index contributed by atoms with van der Waals surface area (Å²) in [5.41, 5.74) is 1.22. The molecule has 0 bridgehead atoms. The minimum absolute atomic E-state index is 0.0948. The molecule has 60 heavy (non-hydrogen) atoms. The van der Waals surface area contributed by atoms with Crippen molar-refractivity contribution in [1.82, 2.24) is 0 Å². The molecule has 0 aromatic carbocycles. The first-order chi connectivity index (χ1) is 28.2. The van der Waals surface area contributed by atoms with Gasteiger partial charge in [-0.3, -0.25) is 4.55 Å². The number of esters is 1. The van der Waals surface area contributed by atoms with Gasteiger partial charge >= 0.3 is 16.4 Å². The van der Waals surface area contributed by atoms with Crippen molar-refractivity contribution < 1.29 is 82.5 Å². The van der Waals surface area contributed by atoms with Crippen LogP contribution in [0.2, 0.25) is 0 Å². The summed E-state index contributed by atoms with van der Waals surface area (Å²) in [6.07, 6.45) is -1.47. The third kappa shape index (κ3) is 21.6. The molecule has 2 aliphatic heterocycles. The molecule has 9 unspecified atom stereocenters. The minimum atomic E-state index is -5.12. The molecule has 346 valence electrons. The van der Waals surface area contributed by atoms with Gasteiger partial charge in [0.2, 0.25) is 0 Å². The predicted molar refractivity (Wildman–Crippen MR) is 220 cm³/mol. The monoisotopic (exact) mass is 878 g/mol. The van der Waals surface area contributed by atoms with Gasteiger partial charge in [0.1, 0.15) is 24.4 Å². The number of hydrogen-bond donors (Lipinski definition) is 11. The predicted octanol–water partition coefficient (Wildman–Crippen LogP) is 1.38. The van der Waals surface area contributed by atoms with Crippen LogP contribution in [-0.2, 0) is 28.9 Å². The lowest BCUT2D eigenvalue weighted by Crippen LogP contribution is -2.60. The number of rotatable bonds is 18. The summed E-state index contributed by atoms with van der Waals surface area (Å²) in [5, 5.41) is 104. The number of carbonyl (C=O) groups excluding carboxylic acids is 1. The molecule has 2 rings (SSSR count). The summed E-state index contributed by atoms with van der Waals surface area (Å²) in [6, 6.07) is 0. The van der Waals surface area contributed by atoms with E-state index in [-0.39, 0.29) is 38.0 Å². The van der Waals surface area contributed by atoms with E-state index in [1.807, 2.05) is 19.1 Å². The van der Waals surface area contributed by atoms with Gasteiger partial charge in [-0.2, -0.15) is 8.42 Å². The van der Waals surface area contributed by atoms with Gasteiger partial charge in [0.05, 0.1) is 54.9 Å². The third-order valence-corrected chi connectivity index (χ3v) is 11.0. The molecule has 0 radical (unpaired) electrons. The van der Waals surface area contributed by atoms with Crippen LogP contribution in [0, 0.1) is 5.92 Å². The topological polar surface area (TPSA) is 301 Å². The Bertz CT molecular complexity index is 1500. The largest absolute Gasteiger partial charge is 0.459 e. The number of allylic oxidation sites excluding steroid dienone is 4. The molecule has 0 saturated carbocycles. The molecule has 14 atom stereocenters. The van der Waals surface area contributed by atoms with Gasteiger partial charge in [0.25, 0.3) is 0 Å². The van der Waals surface area contributed by atoms with E-state index in [1.54, 1.807) is 25.2 Å². The van der Waals surface area contributed by atoms with Gasteiger partial charge < -0.3 is 60.5 Å². The molecular formula is C42H70O17S. The molecule has 0 amide bonds. The van der Waals surface area contributed by atoms with Crippen molar-refractivity contribution in [2.75, 3.05) is 6.61 Å². The van der Waals surface area contributed by atoms with Crippen molar-refractivity contribution in [1.29, 1.82) is 0 Å². The van der Waals surface area contributed by atoms with Crippen molar-refractivity contribution in [3.8, 4) is 0 Å². The van der Waals surface area contributed by atoms with E-state index in [0.717, 1.165) is 24.5 Å². The fourth-order valence-corrected chi connectivity index (χ4v) is 7.90. The Morgan fingerprint density at radius 3 is 2.28 bits per heavy atom. The Kier molecular flexibility index (Phi) is 24.7. The fourth-order valence-electron chi connectivity index (χ4n) is 7.39. The summed E-state index contributed by atoms with van der Waals surface area (Å²) in [7, 11) is -5.12. The number of cyclic esters (lactones) is 1. The first-order valence-electron chi connectivity index (χ1n) is 20.8. The normalized spacial score (nSPS) is 30.9. The van der Waals surface area contributed by atoms with Crippen LogP contribution in [0.1, 0.15) is 104 Å². The van der Waals surface area contributed by atoms with E-state index < -0.39 is 109 Å². The smallest absolute Gasteiger partial charge is 0.397 e. The summed E-state index contributed by atoms with van der Waals surface area (Å²) in [5.74, 6) is -0.760. The Hall–Kier alpha value is -2.40. The molecule has 1 saturated heterocycles. The number of hydrogen-bond acceptors (Lipinski definition) is 16. The van der Waals surface area contributed by atoms with Crippen molar-refractivity contribution in [3.05, 3.63) is 60.3 Å². The number of aliphatic hydroxyl groups excluding tert-OH is 10. The molecule has 0 aromatic rings. The van der Waals surface area contributed by atoms with E-state index in [4.69, 9.17) is 14.6 Å². The highest BCUT2D eigenvalue weighted by Crippen LogP contribution is 2.31. The van der Waals surface area contributed by atoms with Gasteiger partial charge in [-0.05, 0) is 96.0 Å². The lowest BCUT2D eigenvalue weighted by Gasteiger charge is -2.43. The molecule has 11 N–H and O–H groups in total. The van der Waals surface area contributed by atoms with Gasteiger partial charge in [0, 0.05) is 25.5 Å². The van der Waals surface area contributed by atoms with Gasteiger partial charge in [-0.15, -0.1) is 0 Å². The van der Waals surface area contributed by atoms with Gasteiger partial charge in [-0.25, -0.2) is 8.98 Å². The second kappa shape index (κ2) is 27.6. The number of carbonyl (C=O) groups is 1. The van der Waals surface area contributed by atoms with Gasteiger partial charge in [0.15, 0.2) is 0 Å². The molecule has 0 aromatic heterocycles. The standard InChI is InChI=1S/C42H70O17S/c1-26(19-27(2)23-35(49)36(50)25-37-40(52)41(53)42(59-60(54,55)56)38(58-37)24-30(45)17-18-43)20-31(46)21-28(3)22-32-13-8-6-4-5-7-11-29(44)12-9-10-14-33(47)34(48)15-16-39(51)57-32/h4,6,9,12,15-16,20,28-38,40-50,52-53H,2,5,7-8,10-11,13-14,17-19,21-25H2,1,3H3,(H,54,55,56)/b6-4?,12-9?,16-15?,26-20+/t28?,29?,30?,31?,32?,33?,34?,35?,36?,37-,38+,40-,41-,42+/m1/s1. The van der Waals surface area contributed by atoms with Crippen molar-refractivity contribution >= 4 is 16.4 Å². The molecule has 0 aliphatic carbocycles. The summed E-state index contributed by atoms with van der Waals surface area (Å²) < 4.78 is 47.9. The second-order valence-electron chi connectivity index (χ2n) is 16.3. The fraction of sp³-hybridized carbons (Fsp3) is 0.738. The van der Waals surface area contributed by atoms with Crippen LogP contribution in [0.25, 0.3) is 0 Å². The Labute approximate surface area is 354 Å². The average molecular weight is 879 g/mol. The zero-order valence-electron chi connectivity index (χ0n) is 34.7. The van der Waals surface area contributed by atoms with Crippen molar-refractivity contribution in [2.45, 2.75) is 183 Å². The molecule has 17 nitrogen and oxygen atoms in total. The highest BCUT2D eigenvalue weighted by Gasteiger charge is 2.48. The highest BCUT2D eigenvalue weighted by molar-refractivity contribution is 7.80. The van der Waals surface area contributed by atoms with E-state index in [1.165, 1.54) is 6.08 Å². The summed E-state index contributed by atoms with van der Waals surface area (Å²) >= 11 is 0. The van der Waals surface area contributed by atoms with Crippen molar-refractivity contribution in [2.24, 2.45) is 5.92 Å². The molecule has 2 heterocycles. The first-order valence-corrected chi connectivity index (χ1v) is 22.1. The van der Waals surface area contributed by atoms with Crippen LogP contribution in [0.4, 0.5) is 0 Å². The highest BCUT2D eigenvalue weighted by atomic mass is 32.3. The SMILES string of the molecule is C=C(C/C(C)=C/C(O)CC(C)CC1CCC=CCCCC(O)C=CCCC(O)C(O)C=CC(=O)O1)CC(O)C(O)C[C@H]1O[C@@H](CC(O)CCO)[C@H](OS(=O)(=O)O)[C@H](O)[C@@H]1O. The molecule has 1 fully saturated rings. The Morgan fingerprint density at radius 2 is 1.60 bits per heavy atom. The zero-order chi connectivity index (χ0) is 45.0. The lowest BCUT2D eigenvalue weighted by molar-refractivity contribution is -0.228. The maximum atomic E-state index is 12.7. The molecule has 0 spiro atoms. The Balaban J connectivity index is 1.97. The van der Waals surface area contributed by atoms with Crippen LogP contribution in [0.5, 0.6) is 0 Å². The minimum Gasteiger partial charge on any atom is -0.459 e. The zero-order valence-corrected chi connectivity index (χ0v) is 35.5. The third-order valence-electron chi connectivity index (χ3n) is 10.5. The van der Waals surface area contributed by atoms with Crippen LogP contribution < -0.4 is 0 Å². The summed E-state index contributed by atoms with van der Waals surface area (Å²) in [4.78, 5) is 12.7. The van der Waals surface area contributed by atoms with E-state index >= 15 is 0 Å².